The van der Waals surface area contributed by atoms with E-state index in [9.17, 15) is 14.4 Å². The van der Waals surface area contributed by atoms with E-state index >= 15 is 0 Å². The number of pyridine rings is 2. The average Bonchev–Trinajstić information content (AvgIpc) is 3.43. The van der Waals surface area contributed by atoms with E-state index in [4.69, 9.17) is 4.74 Å². The van der Waals surface area contributed by atoms with Crippen molar-refractivity contribution in [2.45, 2.75) is 19.3 Å². The Morgan fingerprint density at radius 1 is 1.07 bits per heavy atom. The van der Waals surface area contributed by atoms with Crippen LogP contribution in [-0.2, 0) is 4.79 Å². The largest absolute Gasteiger partial charge is 0.456 e. The molecule has 5 amide bonds. The van der Waals surface area contributed by atoms with Crippen molar-refractivity contribution in [2.75, 3.05) is 31.3 Å². The van der Waals surface area contributed by atoms with E-state index in [1.165, 1.54) is 22.2 Å². The van der Waals surface area contributed by atoms with Crippen LogP contribution >= 0.6 is 0 Å². The Balaban J connectivity index is 1.35. The summed E-state index contributed by atoms with van der Waals surface area (Å²) in [5, 5.41) is 5.29. The van der Waals surface area contributed by atoms with E-state index < -0.39 is 6.03 Å². The molecule has 0 bridgehead atoms. The van der Waals surface area contributed by atoms with Gasteiger partial charge in [0.25, 0.3) is 0 Å². The van der Waals surface area contributed by atoms with Gasteiger partial charge >= 0.3 is 12.1 Å². The molecule has 2 aromatic heterocycles. The lowest BCUT2D eigenvalue weighted by Gasteiger charge is -2.15. The Morgan fingerprint density at radius 3 is 2.50 bits per heavy atom. The third kappa shape index (κ3) is 4.02. The highest BCUT2D eigenvalue weighted by molar-refractivity contribution is 6.05. The van der Waals surface area contributed by atoms with E-state index in [1.54, 1.807) is 38.4 Å². The van der Waals surface area contributed by atoms with Gasteiger partial charge in [0.2, 0.25) is 5.91 Å². The molecule has 30 heavy (non-hydrogen) atoms. The number of hydrogen-bond donors (Lipinski definition) is 2. The third-order valence-corrected chi connectivity index (χ3v) is 5.19. The Bertz CT molecular complexity index is 987. The quantitative estimate of drug-likeness (QED) is 0.800. The minimum atomic E-state index is -0.458. The van der Waals surface area contributed by atoms with Gasteiger partial charge in [0.05, 0.1) is 11.6 Å². The lowest BCUT2D eigenvalue weighted by molar-refractivity contribution is -0.129. The summed E-state index contributed by atoms with van der Waals surface area (Å²) in [7, 11) is 3.26. The summed E-state index contributed by atoms with van der Waals surface area (Å²) < 4.78 is 5.73. The highest BCUT2D eigenvalue weighted by atomic mass is 16.5. The van der Waals surface area contributed by atoms with E-state index in [1.807, 2.05) is 0 Å². The number of urea groups is 2. The number of hydrogen-bond acceptors (Lipinski definition) is 6. The molecular weight excluding hydrogens is 388 g/mol. The fourth-order valence-electron chi connectivity index (χ4n) is 3.22. The number of aromatic nitrogens is 2. The topological polar surface area (TPSA) is 117 Å². The Kier molecular flexibility index (Phi) is 4.98. The molecule has 2 aromatic rings. The molecule has 10 heteroatoms. The zero-order chi connectivity index (χ0) is 21.3. The van der Waals surface area contributed by atoms with Gasteiger partial charge in [0.15, 0.2) is 0 Å². The number of rotatable bonds is 4. The maximum absolute atomic E-state index is 12.4. The van der Waals surface area contributed by atoms with Crippen LogP contribution in [0.3, 0.4) is 0 Å². The minimum Gasteiger partial charge on any atom is -0.456 e. The molecule has 2 N–H and O–H groups in total. The van der Waals surface area contributed by atoms with Crippen molar-refractivity contribution in [3.8, 4) is 11.5 Å². The molecule has 1 saturated heterocycles. The number of imide groups is 1. The smallest absolute Gasteiger partial charge is 0.329 e. The van der Waals surface area contributed by atoms with Crippen LogP contribution in [0, 0.1) is 5.41 Å². The molecule has 10 nitrogen and oxygen atoms in total. The van der Waals surface area contributed by atoms with Crippen LogP contribution in [0.4, 0.5) is 21.2 Å². The van der Waals surface area contributed by atoms with Crippen molar-refractivity contribution in [1.29, 1.82) is 0 Å². The first-order chi connectivity index (χ1) is 14.4. The zero-order valence-electron chi connectivity index (χ0n) is 16.7. The summed E-state index contributed by atoms with van der Waals surface area (Å²) in [6.45, 7) is 0.445. The van der Waals surface area contributed by atoms with Gasteiger partial charge in [-0.25, -0.2) is 19.6 Å². The molecule has 0 unspecified atom stereocenters. The first kappa shape index (κ1) is 19.6. The van der Waals surface area contributed by atoms with Crippen molar-refractivity contribution >= 4 is 29.6 Å². The summed E-state index contributed by atoms with van der Waals surface area (Å²) in [6.07, 6.45) is 5.46. The van der Waals surface area contributed by atoms with Crippen molar-refractivity contribution in [2.24, 2.45) is 5.41 Å². The predicted molar refractivity (Wildman–Crippen MR) is 108 cm³/mol. The monoisotopic (exact) mass is 410 g/mol. The van der Waals surface area contributed by atoms with E-state index in [-0.39, 0.29) is 17.4 Å². The molecule has 3 heterocycles. The van der Waals surface area contributed by atoms with Crippen LogP contribution in [0.2, 0.25) is 0 Å². The van der Waals surface area contributed by atoms with Crippen molar-refractivity contribution in [3.05, 3.63) is 36.7 Å². The van der Waals surface area contributed by atoms with Crippen molar-refractivity contribution in [1.82, 2.24) is 19.8 Å². The number of carbonyl (C=O) groups excluding carboxylic acids is 3. The van der Waals surface area contributed by atoms with Gasteiger partial charge in [-0.05, 0) is 37.5 Å². The van der Waals surface area contributed by atoms with E-state index in [2.05, 4.69) is 20.6 Å². The van der Waals surface area contributed by atoms with Crippen molar-refractivity contribution in [3.63, 3.8) is 0 Å². The molecule has 2 fully saturated rings. The van der Waals surface area contributed by atoms with Crippen LogP contribution in [-0.4, -0.2) is 58.4 Å². The van der Waals surface area contributed by atoms with Crippen LogP contribution in [0.25, 0.3) is 0 Å². The second-order valence-electron chi connectivity index (χ2n) is 7.60. The van der Waals surface area contributed by atoms with Gasteiger partial charge in [0.1, 0.15) is 23.1 Å². The molecule has 1 aliphatic heterocycles. The number of nitrogens with zero attached hydrogens (tertiary/aromatic N) is 4. The number of likely N-dealkylation sites (tertiary alicyclic amines) is 1. The molecule has 0 atom stereocenters. The number of nitrogens with one attached hydrogen (secondary N) is 2. The molecule has 1 aliphatic carbocycles. The standard InChI is InChI=1S/C20H22N6O4/c1-25(2)18(28)24-16-11-13(5-9-21-16)30-14-3-4-15(22-12-14)23-19(29)26-10-8-20(6-7-20)17(26)27/h3-5,9,11-12H,6-8,10H2,1-2H3,(H,21,24,28)(H,22,23,29). The lowest BCUT2D eigenvalue weighted by Crippen LogP contribution is -2.37. The van der Waals surface area contributed by atoms with Crippen LogP contribution in [0.15, 0.2) is 36.7 Å². The second-order valence-corrected chi connectivity index (χ2v) is 7.60. The third-order valence-electron chi connectivity index (χ3n) is 5.19. The van der Waals surface area contributed by atoms with Gasteiger partial charge in [-0.1, -0.05) is 0 Å². The summed E-state index contributed by atoms with van der Waals surface area (Å²) in [4.78, 5) is 47.3. The first-order valence-electron chi connectivity index (χ1n) is 9.58. The fraction of sp³-hybridized carbons (Fsp3) is 0.350. The van der Waals surface area contributed by atoms with Gasteiger partial charge < -0.3 is 9.64 Å². The van der Waals surface area contributed by atoms with Crippen LogP contribution in [0.1, 0.15) is 19.3 Å². The van der Waals surface area contributed by atoms with Crippen molar-refractivity contribution < 1.29 is 19.1 Å². The van der Waals surface area contributed by atoms with Crippen LogP contribution < -0.4 is 15.4 Å². The Hall–Kier alpha value is -3.69. The average molecular weight is 410 g/mol. The lowest BCUT2D eigenvalue weighted by atomic mass is 10.1. The highest BCUT2D eigenvalue weighted by Gasteiger charge is 2.56. The molecule has 0 radical (unpaired) electrons. The fourth-order valence-corrected chi connectivity index (χ4v) is 3.22. The summed E-state index contributed by atoms with van der Waals surface area (Å²) >= 11 is 0. The number of amides is 5. The van der Waals surface area contributed by atoms with E-state index in [0.29, 0.717) is 29.7 Å². The van der Waals surface area contributed by atoms with Gasteiger partial charge in [-0.15, -0.1) is 0 Å². The van der Waals surface area contributed by atoms with Gasteiger partial charge in [-0.3, -0.25) is 20.3 Å². The van der Waals surface area contributed by atoms with Gasteiger partial charge in [0, 0.05) is 32.9 Å². The zero-order valence-corrected chi connectivity index (χ0v) is 16.7. The molecule has 4 rings (SSSR count). The highest BCUT2D eigenvalue weighted by Crippen LogP contribution is 2.53. The predicted octanol–water partition coefficient (Wildman–Crippen LogP) is 2.91. The molecule has 156 valence electrons. The number of anilines is 2. The molecule has 1 saturated carbocycles. The maximum atomic E-state index is 12.4. The number of carbonyl (C=O) groups is 3. The second kappa shape index (κ2) is 7.62. The minimum absolute atomic E-state index is 0.0881. The van der Waals surface area contributed by atoms with E-state index in [0.717, 1.165) is 19.3 Å². The molecule has 0 aromatic carbocycles. The first-order valence-corrected chi connectivity index (χ1v) is 9.58. The summed E-state index contributed by atoms with van der Waals surface area (Å²) in [5.41, 5.74) is -0.280. The summed E-state index contributed by atoms with van der Waals surface area (Å²) in [5.74, 6) is 1.50. The molecule has 1 spiro atoms. The Labute approximate surface area is 173 Å². The molecule has 2 aliphatic rings. The summed E-state index contributed by atoms with van der Waals surface area (Å²) in [6, 6.07) is 5.72. The SMILES string of the molecule is CN(C)C(=O)Nc1cc(Oc2ccc(NC(=O)N3CCC4(CC4)C3=O)nc2)ccn1. The maximum Gasteiger partial charge on any atom is 0.329 e. The number of ether oxygens (including phenoxy) is 1. The normalized spacial score (nSPS) is 16.3. The Morgan fingerprint density at radius 2 is 1.87 bits per heavy atom. The van der Waals surface area contributed by atoms with Gasteiger partial charge in [-0.2, -0.15) is 0 Å². The van der Waals surface area contributed by atoms with Crippen LogP contribution in [0.5, 0.6) is 11.5 Å². The molecular formula is C20H22N6O4.